The highest BCUT2D eigenvalue weighted by atomic mass is 32.2. The van der Waals surface area contributed by atoms with Crippen molar-refractivity contribution in [3.05, 3.63) is 23.0 Å². The van der Waals surface area contributed by atoms with Gasteiger partial charge >= 0.3 is 5.97 Å². The van der Waals surface area contributed by atoms with Crippen LogP contribution in [0.4, 0.5) is 0 Å². The zero-order valence-corrected chi connectivity index (χ0v) is 7.64. The van der Waals surface area contributed by atoms with Gasteiger partial charge in [0.25, 0.3) is 0 Å². The molecule has 0 N–H and O–H groups in total. The average molecular weight is 182 g/mol. The third-order valence-corrected chi connectivity index (χ3v) is 3.94. The molecule has 1 atom stereocenters. The highest BCUT2D eigenvalue weighted by molar-refractivity contribution is 8.21. The summed E-state index contributed by atoms with van der Waals surface area (Å²) in [5.41, 5.74) is 0. The Labute approximate surface area is 73.8 Å². The normalized spacial score (nSPS) is 26.4. The maximum Gasteiger partial charge on any atom is 0.313 e. The van der Waals surface area contributed by atoms with E-state index in [2.05, 4.69) is 15.6 Å². The van der Waals surface area contributed by atoms with Gasteiger partial charge in [-0.15, -0.1) is 10.5 Å². The van der Waals surface area contributed by atoms with Crippen LogP contribution in [-0.4, -0.2) is 17.9 Å². The summed E-state index contributed by atoms with van der Waals surface area (Å²) in [5.74, 6) is 0.0110. The van der Waals surface area contributed by atoms with E-state index in [1.54, 1.807) is 0 Å². The van der Waals surface area contributed by atoms with Gasteiger partial charge in [0.2, 0.25) is 0 Å². The monoisotopic (exact) mass is 182 g/mol. The molecule has 1 unspecified atom stereocenters. The molecule has 0 aromatic carbocycles. The van der Waals surface area contributed by atoms with Gasteiger partial charge in [0, 0.05) is 0 Å². The van der Waals surface area contributed by atoms with E-state index in [1.807, 2.05) is 12.2 Å². The summed E-state index contributed by atoms with van der Waals surface area (Å²) in [7, 11) is 1.58. The number of hydrogen-bond donors (Lipinski definition) is 0. The first-order valence-electron chi connectivity index (χ1n) is 3.83. The molecule has 2 rings (SSSR count). The molecule has 3 heteroatoms. The molecular weight excluding hydrogens is 172 g/mol. The minimum absolute atomic E-state index is 0.0776. The van der Waals surface area contributed by atoms with Crippen LogP contribution in [0.2, 0.25) is 0 Å². The quantitative estimate of drug-likeness (QED) is 0.455. The molecule has 0 aromatic rings. The van der Waals surface area contributed by atoms with Crippen molar-refractivity contribution in [2.24, 2.45) is 5.92 Å². The molecule has 0 bridgehead atoms. The molecule has 0 spiro atoms. The van der Waals surface area contributed by atoms with Gasteiger partial charge in [-0.05, 0) is 22.1 Å². The predicted octanol–water partition coefficient (Wildman–Crippen LogP) is 1.66. The third kappa shape index (κ3) is 1.25. The summed E-state index contributed by atoms with van der Waals surface area (Å²) in [5, 5.41) is 4.27. The van der Waals surface area contributed by atoms with Gasteiger partial charge in [-0.3, -0.25) is 4.79 Å². The molecule has 0 amide bonds. The van der Waals surface area contributed by atoms with Crippen molar-refractivity contribution >= 4 is 21.3 Å². The lowest BCUT2D eigenvalue weighted by Gasteiger charge is -1.93. The van der Waals surface area contributed by atoms with Gasteiger partial charge in [-0.25, -0.2) is 0 Å². The second kappa shape index (κ2) is 2.90. The Morgan fingerprint density at radius 1 is 1.58 bits per heavy atom. The Hall–Kier alpha value is -0.830. The van der Waals surface area contributed by atoms with Crippen molar-refractivity contribution in [2.45, 2.75) is 6.42 Å². The Morgan fingerprint density at radius 3 is 2.83 bits per heavy atom. The Kier molecular flexibility index (Phi) is 1.89. The average Bonchev–Trinajstić information content (AvgIpc) is 2.71. The first-order valence-corrected chi connectivity index (χ1v) is 5.18. The van der Waals surface area contributed by atoms with Gasteiger partial charge in [0.15, 0.2) is 0 Å². The molecule has 64 valence electrons. The van der Waals surface area contributed by atoms with Crippen molar-refractivity contribution in [1.29, 1.82) is 0 Å². The molecule has 0 radical (unpaired) electrons. The lowest BCUT2D eigenvalue weighted by molar-refractivity contribution is -0.141. The van der Waals surface area contributed by atoms with E-state index in [4.69, 9.17) is 0 Å². The molecular formula is C9H10O2S. The predicted molar refractivity (Wildman–Crippen MR) is 51.0 cm³/mol. The smallest absolute Gasteiger partial charge is 0.313 e. The fraction of sp³-hybridized carbons (Fsp3) is 0.333. The fourth-order valence-electron chi connectivity index (χ4n) is 1.24. The van der Waals surface area contributed by atoms with Gasteiger partial charge < -0.3 is 4.74 Å². The molecule has 1 aliphatic heterocycles. The van der Waals surface area contributed by atoms with Crippen LogP contribution in [0.3, 0.4) is 0 Å². The second-order valence-electron chi connectivity index (χ2n) is 2.78. The van der Waals surface area contributed by atoms with Crippen molar-refractivity contribution in [3.63, 3.8) is 0 Å². The number of carbonyl (C=O) groups excluding carboxylic acids is 1. The first-order chi connectivity index (χ1) is 5.83. The number of ether oxygens (including phenoxy) is 1. The first kappa shape index (κ1) is 7.80. The van der Waals surface area contributed by atoms with E-state index in [9.17, 15) is 4.79 Å². The Morgan fingerprint density at radius 2 is 2.25 bits per heavy atom. The van der Waals surface area contributed by atoms with Gasteiger partial charge in [0.1, 0.15) is 0 Å². The van der Waals surface area contributed by atoms with E-state index in [0.29, 0.717) is 0 Å². The summed E-state index contributed by atoms with van der Waals surface area (Å²) in [6, 6.07) is 0. The molecule has 0 aromatic heterocycles. The van der Waals surface area contributed by atoms with Gasteiger partial charge in [-0.2, -0.15) is 0 Å². The Bertz CT molecular complexity index is 298. The molecule has 2 aliphatic rings. The molecule has 1 fully saturated rings. The maximum atomic E-state index is 11.1. The summed E-state index contributed by atoms with van der Waals surface area (Å²) < 4.78 is 4.66. The van der Waals surface area contributed by atoms with E-state index in [-0.39, 0.29) is 22.4 Å². The van der Waals surface area contributed by atoms with Gasteiger partial charge in [-0.1, -0.05) is 12.2 Å². The third-order valence-electron chi connectivity index (χ3n) is 1.98. The fourth-order valence-corrected chi connectivity index (χ4v) is 2.98. The molecule has 12 heavy (non-hydrogen) atoms. The van der Waals surface area contributed by atoms with Crippen LogP contribution in [0.15, 0.2) is 23.0 Å². The zero-order chi connectivity index (χ0) is 8.55. The summed E-state index contributed by atoms with van der Waals surface area (Å²) in [6.45, 7) is 0. The highest BCUT2D eigenvalue weighted by Gasteiger charge is 2.39. The van der Waals surface area contributed by atoms with Crippen LogP contribution in [0.1, 0.15) is 6.42 Å². The van der Waals surface area contributed by atoms with Crippen molar-refractivity contribution in [2.75, 3.05) is 7.11 Å². The summed E-state index contributed by atoms with van der Waals surface area (Å²) in [4.78, 5) is 12.4. The summed E-state index contributed by atoms with van der Waals surface area (Å²) in [6.07, 6.45) is 4.98. The number of esters is 1. The lowest BCUT2D eigenvalue weighted by Crippen LogP contribution is -2.03. The number of hydrogen-bond acceptors (Lipinski definition) is 2. The minimum atomic E-state index is -0.0776. The van der Waals surface area contributed by atoms with Crippen LogP contribution in [0, 0.1) is 5.92 Å². The molecule has 1 heterocycles. The van der Waals surface area contributed by atoms with Crippen molar-refractivity contribution in [3.8, 4) is 0 Å². The number of methoxy groups -OCH3 is 1. The van der Waals surface area contributed by atoms with Crippen LogP contribution in [0.5, 0.6) is 0 Å². The van der Waals surface area contributed by atoms with E-state index in [0.717, 1.165) is 6.42 Å². The molecule has 1 aliphatic carbocycles. The second-order valence-corrected chi connectivity index (χ2v) is 4.59. The van der Waals surface area contributed by atoms with Crippen LogP contribution in [0.25, 0.3) is 0 Å². The minimum Gasteiger partial charge on any atom is -0.469 e. The van der Waals surface area contributed by atoms with E-state index >= 15 is 0 Å². The van der Waals surface area contributed by atoms with Crippen molar-refractivity contribution in [1.82, 2.24) is 0 Å². The molecule has 2 nitrogen and oxygen atoms in total. The van der Waals surface area contributed by atoms with Crippen molar-refractivity contribution < 1.29 is 9.53 Å². The SMILES string of the molecule is COC(=O)C1CC1=S1C=CC=C1. The van der Waals surface area contributed by atoms with Crippen LogP contribution >= 0.6 is 10.5 Å². The lowest BCUT2D eigenvalue weighted by atomic mass is 10.4. The molecule has 0 saturated heterocycles. The largest absolute Gasteiger partial charge is 0.469 e. The van der Waals surface area contributed by atoms with E-state index in [1.165, 1.54) is 12.0 Å². The van der Waals surface area contributed by atoms with Gasteiger partial charge in [0.05, 0.1) is 13.0 Å². The summed E-state index contributed by atoms with van der Waals surface area (Å²) >= 11 is 0. The molecule has 1 saturated carbocycles. The maximum absolute atomic E-state index is 11.1. The van der Waals surface area contributed by atoms with E-state index < -0.39 is 0 Å². The Balaban J connectivity index is 2.12. The highest BCUT2D eigenvalue weighted by Crippen LogP contribution is 2.39. The zero-order valence-electron chi connectivity index (χ0n) is 6.82. The van der Waals surface area contributed by atoms with Crippen LogP contribution < -0.4 is 0 Å². The topological polar surface area (TPSA) is 26.3 Å². The van der Waals surface area contributed by atoms with Crippen LogP contribution in [-0.2, 0) is 9.53 Å². The number of rotatable bonds is 1. The number of allylic oxidation sites excluding steroid dienone is 2. The number of carbonyl (C=O) groups is 1. The standard InChI is InChI=1S/C9H10O2S/c1-11-9(10)7-6-8(7)12-4-2-3-5-12/h2-5,7H,6H2,1H3.